The van der Waals surface area contributed by atoms with Gasteiger partial charge in [-0.25, -0.2) is 4.98 Å². The molecule has 0 aromatic carbocycles. The van der Waals surface area contributed by atoms with E-state index in [2.05, 4.69) is 22.5 Å². The van der Waals surface area contributed by atoms with Gasteiger partial charge in [-0.1, -0.05) is 46.0 Å². The number of hydrogen-bond donors (Lipinski definition) is 5. The SMILES string of the molecule is CCCCCCCCN(C)CC(=O)C(CC(=O)O)NC(=O)C(CC)n1ccnc(NCC(=N)C(C)N)c1=O. The summed E-state index contributed by atoms with van der Waals surface area (Å²) in [5, 5.41) is 22.5. The number of carbonyl (C=O) groups is 3. The molecular weight excluding hydrogens is 490 g/mol. The third-order valence-corrected chi connectivity index (χ3v) is 6.29. The summed E-state index contributed by atoms with van der Waals surface area (Å²) >= 11 is 0. The predicted molar refractivity (Wildman–Crippen MR) is 148 cm³/mol. The maximum absolute atomic E-state index is 13.2. The number of Topliss-reactive ketones (excluding diaryl/α,β-unsaturated/α-hetero) is 1. The van der Waals surface area contributed by atoms with E-state index < -0.39 is 47.8 Å². The van der Waals surface area contributed by atoms with E-state index in [0.29, 0.717) is 6.54 Å². The smallest absolute Gasteiger partial charge is 0.305 e. The number of anilines is 1. The van der Waals surface area contributed by atoms with Crippen molar-refractivity contribution in [3.05, 3.63) is 22.7 Å². The molecule has 0 saturated carbocycles. The highest BCUT2D eigenvalue weighted by molar-refractivity contribution is 5.94. The van der Waals surface area contributed by atoms with Gasteiger partial charge in [0.25, 0.3) is 5.56 Å². The molecule has 0 fully saturated rings. The Morgan fingerprint density at radius 2 is 1.84 bits per heavy atom. The minimum absolute atomic E-state index is 0.0127. The average molecular weight is 536 g/mol. The zero-order valence-corrected chi connectivity index (χ0v) is 23.2. The Labute approximate surface area is 224 Å². The lowest BCUT2D eigenvalue weighted by atomic mass is 10.1. The summed E-state index contributed by atoms with van der Waals surface area (Å²) in [6, 6.07) is -2.69. The summed E-state index contributed by atoms with van der Waals surface area (Å²) in [4.78, 5) is 56.3. The number of carbonyl (C=O) groups excluding carboxylic acids is 2. The number of carboxylic acids is 1. The van der Waals surface area contributed by atoms with Crippen molar-refractivity contribution in [3.8, 4) is 0 Å². The Morgan fingerprint density at radius 3 is 2.45 bits per heavy atom. The fourth-order valence-corrected chi connectivity index (χ4v) is 3.95. The van der Waals surface area contributed by atoms with Crippen LogP contribution >= 0.6 is 0 Å². The zero-order chi connectivity index (χ0) is 28.7. The van der Waals surface area contributed by atoms with Crippen molar-refractivity contribution in [2.45, 2.75) is 90.3 Å². The van der Waals surface area contributed by atoms with E-state index in [4.69, 9.17) is 11.1 Å². The maximum atomic E-state index is 13.2. The molecule has 0 aliphatic rings. The number of nitrogens with two attached hydrogens (primary N) is 1. The van der Waals surface area contributed by atoms with Crippen LogP contribution < -0.4 is 21.9 Å². The van der Waals surface area contributed by atoms with Gasteiger partial charge in [-0.2, -0.15) is 0 Å². The number of amides is 1. The van der Waals surface area contributed by atoms with Crippen molar-refractivity contribution in [2.24, 2.45) is 5.73 Å². The molecule has 1 rings (SSSR count). The van der Waals surface area contributed by atoms with Gasteiger partial charge < -0.3 is 26.9 Å². The summed E-state index contributed by atoms with van der Waals surface area (Å²) in [6.07, 6.45) is 9.11. The molecule has 1 heterocycles. The fourth-order valence-electron chi connectivity index (χ4n) is 3.95. The number of ketones is 1. The number of nitrogens with one attached hydrogen (secondary N) is 3. The van der Waals surface area contributed by atoms with Gasteiger partial charge in [0.1, 0.15) is 6.04 Å². The van der Waals surface area contributed by atoms with Crippen LogP contribution in [-0.2, 0) is 14.4 Å². The number of hydrogen-bond acceptors (Lipinski definition) is 9. The second kappa shape index (κ2) is 17.4. The molecule has 0 aliphatic heterocycles. The summed E-state index contributed by atoms with van der Waals surface area (Å²) in [5.74, 6) is -2.28. The van der Waals surface area contributed by atoms with Gasteiger partial charge in [-0.15, -0.1) is 0 Å². The monoisotopic (exact) mass is 535 g/mol. The number of likely N-dealkylation sites (N-methyl/N-ethyl adjacent to an activating group) is 1. The number of aromatic nitrogens is 2. The van der Waals surface area contributed by atoms with Gasteiger partial charge in [0.2, 0.25) is 5.91 Å². The molecule has 0 bridgehead atoms. The molecule has 0 aliphatic carbocycles. The maximum Gasteiger partial charge on any atom is 0.305 e. The Kier molecular flexibility index (Phi) is 15.1. The Morgan fingerprint density at radius 1 is 1.18 bits per heavy atom. The van der Waals surface area contributed by atoms with E-state index in [1.165, 1.54) is 36.2 Å². The molecule has 1 aromatic heterocycles. The van der Waals surface area contributed by atoms with Crippen molar-refractivity contribution in [1.29, 1.82) is 5.41 Å². The van der Waals surface area contributed by atoms with Crippen LogP contribution in [-0.4, -0.2) is 81.7 Å². The minimum atomic E-state index is -1.22. The summed E-state index contributed by atoms with van der Waals surface area (Å²) in [6.45, 7) is 6.26. The van der Waals surface area contributed by atoms with Gasteiger partial charge in [0.15, 0.2) is 11.6 Å². The number of aliphatic carboxylic acids is 1. The topological polar surface area (TPSA) is 184 Å². The van der Waals surface area contributed by atoms with E-state index in [-0.39, 0.29) is 31.0 Å². The first-order chi connectivity index (χ1) is 18.0. The first-order valence-corrected chi connectivity index (χ1v) is 13.4. The molecule has 1 aromatic rings. The summed E-state index contributed by atoms with van der Waals surface area (Å²) < 4.78 is 1.19. The molecule has 38 heavy (non-hydrogen) atoms. The molecule has 12 heteroatoms. The number of carboxylic acid groups (broad SMARTS) is 1. The Balaban J connectivity index is 2.88. The number of unbranched alkanes of at least 4 members (excludes halogenated alkanes) is 5. The lowest BCUT2D eigenvalue weighted by molar-refractivity contribution is -0.140. The van der Waals surface area contributed by atoms with Crippen LogP contribution in [0.15, 0.2) is 17.2 Å². The van der Waals surface area contributed by atoms with Crippen LogP contribution in [0.4, 0.5) is 5.82 Å². The minimum Gasteiger partial charge on any atom is -0.481 e. The third kappa shape index (κ3) is 11.5. The second-order valence-electron chi connectivity index (χ2n) is 9.71. The molecule has 214 valence electrons. The zero-order valence-electron chi connectivity index (χ0n) is 23.2. The molecule has 3 unspecified atom stereocenters. The van der Waals surface area contributed by atoms with E-state index in [0.717, 1.165) is 19.3 Å². The number of rotatable bonds is 20. The van der Waals surface area contributed by atoms with Crippen LogP contribution in [0.3, 0.4) is 0 Å². The molecule has 12 nitrogen and oxygen atoms in total. The van der Waals surface area contributed by atoms with E-state index in [1.54, 1.807) is 20.9 Å². The molecule has 3 atom stereocenters. The normalized spacial score (nSPS) is 13.5. The second-order valence-corrected chi connectivity index (χ2v) is 9.71. The lowest BCUT2D eigenvalue weighted by Crippen LogP contribution is -2.49. The fraction of sp³-hybridized carbons (Fsp3) is 0.692. The average Bonchev–Trinajstić information content (AvgIpc) is 2.85. The van der Waals surface area contributed by atoms with Gasteiger partial charge >= 0.3 is 5.97 Å². The van der Waals surface area contributed by atoms with Gasteiger partial charge in [-0.3, -0.25) is 28.6 Å². The van der Waals surface area contributed by atoms with E-state index in [1.807, 2.05) is 4.90 Å². The largest absolute Gasteiger partial charge is 0.481 e. The third-order valence-electron chi connectivity index (χ3n) is 6.29. The van der Waals surface area contributed by atoms with Gasteiger partial charge in [-0.05, 0) is 33.4 Å². The Bertz CT molecular complexity index is 979. The first kappa shape index (κ1) is 32.9. The van der Waals surface area contributed by atoms with Gasteiger partial charge in [0, 0.05) is 24.1 Å². The van der Waals surface area contributed by atoms with E-state index >= 15 is 0 Å². The first-order valence-electron chi connectivity index (χ1n) is 13.4. The highest BCUT2D eigenvalue weighted by Gasteiger charge is 2.29. The summed E-state index contributed by atoms with van der Waals surface area (Å²) in [7, 11) is 1.80. The van der Waals surface area contributed by atoms with Crippen molar-refractivity contribution >= 4 is 29.2 Å². The standard InChI is InChI=1S/C26H45N7O5/c1-5-7-8-9-10-11-13-32(4)17-22(34)20(15-23(35)36)31-25(37)21(6-2)33-14-12-29-24(26(33)38)30-16-19(28)18(3)27/h12,14,18,20-21,28H,5-11,13,15-17,27H2,1-4H3,(H,29,30)(H,31,37)(H,35,36). The van der Waals surface area contributed by atoms with Crippen LogP contribution in [0.2, 0.25) is 0 Å². The lowest BCUT2D eigenvalue weighted by Gasteiger charge is -2.24. The highest BCUT2D eigenvalue weighted by atomic mass is 16.4. The van der Waals surface area contributed by atoms with Crippen LogP contribution in [0.1, 0.15) is 78.2 Å². The molecule has 0 spiro atoms. The quantitative estimate of drug-likeness (QED) is 0.123. The summed E-state index contributed by atoms with van der Waals surface area (Å²) in [5.41, 5.74) is 5.27. The molecule has 0 radical (unpaired) electrons. The Hall–Kier alpha value is -3.12. The van der Waals surface area contributed by atoms with Crippen LogP contribution in [0.25, 0.3) is 0 Å². The molecule has 1 amide bonds. The molecule has 6 N–H and O–H groups in total. The van der Waals surface area contributed by atoms with Crippen LogP contribution in [0, 0.1) is 5.41 Å². The van der Waals surface area contributed by atoms with E-state index in [9.17, 15) is 24.3 Å². The van der Waals surface area contributed by atoms with Crippen molar-refractivity contribution in [1.82, 2.24) is 19.8 Å². The predicted octanol–water partition coefficient (Wildman–Crippen LogP) is 1.79. The van der Waals surface area contributed by atoms with Crippen molar-refractivity contribution < 1.29 is 19.5 Å². The highest BCUT2D eigenvalue weighted by Crippen LogP contribution is 2.12. The van der Waals surface area contributed by atoms with Crippen LogP contribution in [0.5, 0.6) is 0 Å². The molecular formula is C26H45N7O5. The number of nitrogens with zero attached hydrogens (tertiary/aromatic N) is 3. The van der Waals surface area contributed by atoms with Crippen molar-refractivity contribution in [3.63, 3.8) is 0 Å². The van der Waals surface area contributed by atoms with Gasteiger partial charge in [0.05, 0.1) is 25.6 Å². The van der Waals surface area contributed by atoms with Crippen molar-refractivity contribution in [2.75, 3.05) is 32.0 Å². The molecule has 0 saturated heterocycles.